The summed E-state index contributed by atoms with van der Waals surface area (Å²) >= 11 is 1.18. The van der Waals surface area contributed by atoms with E-state index in [4.69, 9.17) is 5.73 Å². The molecule has 102 valence electrons. The van der Waals surface area contributed by atoms with Gasteiger partial charge in [0.2, 0.25) is 11.1 Å². The number of rotatable bonds is 3. The first-order valence-electron chi connectivity index (χ1n) is 6.09. The summed E-state index contributed by atoms with van der Waals surface area (Å²) in [6.45, 7) is 4.07. The van der Waals surface area contributed by atoms with Crippen LogP contribution in [0.2, 0.25) is 0 Å². The first-order valence-corrected chi connectivity index (χ1v) is 7.08. The fourth-order valence-electron chi connectivity index (χ4n) is 2.16. The van der Waals surface area contributed by atoms with E-state index in [1.165, 1.54) is 11.8 Å². The minimum atomic E-state index is -0.401. The molecule has 0 spiro atoms. The summed E-state index contributed by atoms with van der Waals surface area (Å²) in [4.78, 5) is 18.4. The fourth-order valence-corrected chi connectivity index (χ4v) is 2.68. The molecular formula is C13H13N5OS. The second kappa shape index (κ2) is 4.75. The third-order valence-electron chi connectivity index (χ3n) is 3.11. The number of benzene rings is 1. The van der Waals surface area contributed by atoms with Crippen molar-refractivity contribution in [2.45, 2.75) is 19.0 Å². The summed E-state index contributed by atoms with van der Waals surface area (Å²) in [5, 5.41) is 9.77. The number of aromatic nitrogens is 4. The maximum absolute atomic E-state index is 10.8. The maximum Gasteiger partial charge on any atom is 0.227 e. The zero-order valence-electron chi connectivity index (χ0n) is 11.1. The Kier molecular flexibility index (Phi) is 3.06. The van der Waals surface area contributed by atoms with Crippen molar-refractivity contribution in [1.29, 1.82) is 0 Å². The standard InChI is InChI=1S/C13H13N5OS/c1-6-3-4-7(2)10-9(6)11-12(15-10)16-13(18-17-11)20-5-8(14)19/h3-4H,5H2,1-2H3,(H2,14,19)(H,15,16,18). The van der Waals surface area contributed by atoms with Gasteiger partial charge in [0.05, 0.1) is 11.3 Å². The lowest BCUT2D eigenvalue weighted by atomic mass is 10.1. The monoisotopic (exact) mass is 287 g/mol. The van der Waals surface area contributed by atoms with Crippen molar-refractivity contribution >= 4 is 39.7 Å². The molecule has 2 heterocycles. The number of hydrogen-bond acceptors (Lipinski definition) is 5. The van der Waals surface area contributed by atoms with E-state index < -0.39 is 5.91 Å². The molecule has 6 nitrogen and oxygen atoms in total. The molecule has 1 aromatic carbocycles. The van der Waals surface area contributed by atoms with Crippen molar-refractivity contribution in [3.8, 4) is 0 Å². The van der Waals surface area contributed by atoms with Gasteiger partial charge in [0.15, 0.2) is 5.65 Å². The largest absolute Gasteiger partial charge is 0.369 e. The predicted octanol–water partition coefficient (Wildman–Crippen LogP) is 1.70. The number of aromatic amines is 1. The molecule has 0 fully saturated rings. The Bertz CT molecular complexity index is 826. The Labute approximate surface area is 119 Å². The second-order valence-corrected chi connectivity index (χ2v) is 5.56. The SMILES string of the molecule is Cc1ccc(C)c2c1[nH]c1nc(SCC(N)=O)nnc12. The van der Waals surface area contributed by atoms with Gasteiger partial charge in [0.1, 0.15) is 5.52 Å². The average Bonchev–Trinajstić information content (AvgIpc) is 2.80. The lowest BCUT2D eigenvalue weighted by Gasteiger charge is -1.99. The molecule has 0 bridgehead atoms. The number of nitrogens with zero attached hydrogens (tertiary/aromatic N) is 3. The van der Waals surface area contributed by atoms with Gasteiger partial charge in [-0.1, -0.05) is 23.9 Å². The highest BCUT2D eigenvalue weighted by molar-refractivity contribution is 7.99. The second-order valence-electron chi connectivity index (χ2n) is 4.62. The van der Waals surface area contributed by atoms with Crippen LogP contribution < -0.4 is 5.73 Å². The highest BCUT2D eigenvalue weighted by Crippen LogP contribution is 2.28. The molecule has 20 heavy (non-hydrogen) atoms. The van der Waals surface area contributed by atoms with Crippen molar-refractivity contribution in [2.24, 2.45) is 5.73 Å². The molecule has 0 saturated heterocycles. The van der Waals surface area contributed by atoms with Gasteiger partial charge in [-0.25, -0.2) is 4.98 Å². The maximum atomic E-state index is 10.8. The topological polar surface area (TPSA) is 97.6 Å². The summed E-state index contributed by atoms with van der Waals surface area (Å²) < 4.78 is 0. The van der Waals surface area contributed by atoms with E-state index in [1.54, 1.807) is 0 Å². The molecule has 0 atom stereocenters. The number of nitrogens with two attached hydrogens (primary N) is 1. The van der Waals surface area contributed by atoms with E-state index in [9.17, 15) is 4.79 Å². The highest BCUT2D eigenvalue weighted by Gasteiger charge is 2.13. The first kappa shape index (κ1) is 12.9. The van der Waals surface area contributed by atoms with Crippen LogP contribution in [0.5, 0.6) is 0 Å². The molecule has 3 N–H and O–H groups in total. The van der Waals surface area contributed by atoms with Crippen LogP contribution in [-0.2, 0) is 4.79 Å². The van der Waals surface area contributed by atoms with Crippen LogP contribution in [0.15, 0.2) is 17.3 Å². The van der Waals surface area contributed by atoms with Gasteiger partial charge < -0.3 is 10.7 Å². The Balaban J connectivity index is 2.16. The zero-order valence-corrected chi connectivity index (χ0v) is 11.9. The molecule has 0 unspecified atom stereocenters. The van der Waals surface area contributed by atoms with Gasteiger partial charge >= 0.3 is 0 Å². The molecule has 0 saturated carbocycles. The molecular weight excluding hydrogens is 274 g/mol. The number of hydrogen-bond donors (Lipinski definition) is 2. The van der Waals surface area contributed by atoms with Crippen LogP contribution in [0, 0.1) is 13.8 Å². The third-order valence-corrected chi connectivity index (χ3v) is 3.97. The minimum absolute atomic E-state index is 0.144. The summed E-state index contributed by atoms with van der Waals surface area (Å²) in [5.74, 6) is -0.257. The van der Waals surface area contributed by atoms with E-state index in [0.29, 0.717) is 10.8 Å². The van der Waals surface area contributed by atoms with Crippen LogP contribution in [0.1, 0.15) is 11.1 Å². The van der Waals surface area contributed by atoms with Crippen molar-refractivity contribution in [3.05, 3.63) is 23.3 Å². The molecule has 0 aliphatic carbocycles. The molecule has 1 amide bonds. The van der Waals surface area contributed by atoms with Crippen LogP contribution in [0.4, 0.5) is 0 Å². The Morgan fingerprint density at radius 1 is 1.30 bits per heavy atom. The van der Waals surface area contributed by atoms with Crippen LogP contribution in [0.3, 0.4) is 0 Å². The number of H-pyrrole nitrogens is 1. The average molecular weight is 287 g/mol. The van der Waals surface area contributed by atoms with Crippen molar-refractivity contribution in [1.82, 2.24) is 20.2 Å². The summed E-state index contributed by atoms with van der Waals surface area (Å²) in [6, 6.07) is 4.12. The Morgan fingerprint density at radius 3 is 2.80 bits per heavy atom. The van der Waals surface area contributed by atoms with E-state index in [0.717, 1.165) is 27.5 Å². The predicted molar refractivity (Wildman–Crippen MR) is 78.6 cm³/mol. The molecule has 0 radical (unpaired) electrons. The van der Waals surface area contributed by atoms with Gasteiger partial charge in [-0.3, -0.25) is 4.79 Å². The number of amides is 1. The summed E-state index contributed by atoms with van der Waals surface area (Å²) in [7, 11) is 0. The first-order chi connectivity index (χ1) is 9.56. The fraction of sp³-hybridized carbons (Fsp3) is 0.231. The number of thioether (sulfide) groups is 1. The molecule has 0 aliphatic heterocycles. The number of fused-ring (bicyclic) bond motifs is 3. The molecule has 0 aliphatic rings. The molecule has 3 aromatic rings. The van der Waals surface area contributed by atoms with Gasteiger partial charge in [-0.2, -0.15) is 0 Å². The van der Waals surface area contributed by atoms with Gasteiger partial charge in [0.25, 0.3) is 0 Å². The lowest BCUT2D eigenvalue weighted by Crippen LogP contribution is -2.13. The van der Waals surface area contributed by atoms with Crippen molar-refractivity contribution in [3.63, 3.8) is 0 Å². The number of nitrogens with one attached hydrogen (secondary N) is 1. The Morgan fingerprint density at radius 2 is 2.05 bits per heavy atom. The van der Waals surface area contributed by atoms with Crippen LogP contribution >= 0.6 is 11.8 Å². The quantitative estimate of drug-likeness (QED) is 0.714. The number of primary amides is 1. The smallest absolute Gasteiger partial charge is 0.227 e. The van der Waals surface area contributed by atoms with Crippen molar-refractivity contribution < 1.29 is 4.79 Å². The van der Waals surface area contributed by atoms with E-state index in [-0.39, 0.29) is 5.75 Å². The van der Waals surface area contributed by atoms with E-state index >= 15 is 0 Å². The zero-order chi connectivity index (χ0) is 14.3. The molecule has 7 heteroatoms. The van der Waals surface area contributed by atoms with Crippen LogP contribution in [0.25, 0.3) is 22.1 Å². The van der Waals surface area contributed by atoms with Crippen molar-refractivity contribution in [2.75, 3.05) is 5.75 Å². The van der Waals surface area contributed by atoms with Gasteiger partial charge in [0, 0.05) is 5.39 Å². The molecule has 3 rings (SSSR count). The summed E-state index contributed by atoms with van der Waals surface area (Å²) in [5.41, 5.74) is 9.84. The van der Waals surface area contributed by atoms with Gasteiger partial charge in [-0.05, 0) is 25.0 Å². The number of carbonyl (C=O) groups excluding carboxylic acids is 1. The van der Waals surface area contributed by atoms with Gasteiger partial charge in [-0.15, -0.1) is 10.2 Å². The Hall–Kier alpha value is -2.15. The molecule has 2 aromatic heterocycles. The normalized spacial score (nSPS) is 11.3. The van der Waals surface area contributed by atoms with E-state index in [1.807, 2.05) is 13.8 Å². The number of aryl methyl sites for hydroxylation is 2. The minimum Gasteiger partial charge on any atom is -0.369 e. The highest BCUT2D eigenvalue weighted by atomic mass is 32.2. The number of carbonyl (C=O) groups is 1. The third kappa shape index (κ3) is 2.09. The van der Waals surface area contributed by atoms with E-state index in [2.05, 4.69) is 32.3 Å². The van der Waals surface area contributed by atoms with Crippen LogP contribution in [-0.4, -0.2) is 31.8 Å². The lowest BCUT2D eigenvalue weighted by molar-refractivity contribution is -0.115. The summed E-state index contributed by atoms with van der Waals surface area (Å²) in [6.07, 6.45) is 0.